The number of halogens is 1. The smallest absolute Gasteiger partial charge is 0.315 e. The molecule has 1 aromatic carbocycles. The number of aromatic nitrogens is 2. The van der Waals surface area contributed by atoms with E-state index in [1.165, 1.54) is 6.07 Å². The maximum Gasteiger partial charge on any atom is 0.315 e. The van der Waals surface area contributed by atoms with Crippen molar-refractivity contribution in [3.8, 4) is 0 Å². The molecule has 0 radical (unpaired) electrons. The second kappa shape index (κ2) is 7.03. The van der Waals surface area contributed by atoms with Gasteiger partial charge in [-0.1, -0.05) is 19.9 Å². The van der Waals surface area contributed by atoms with Crippen molar-refractivity contribution in [2.75, 3.05) is 0 Å². The van der Waals surface area contributed by atoms with Gasteiger partial charge in [0.15, 0.2) is 0 Å². The summed E-state index contributed by atoms with van der Waals surface area (Å²) in [5.41, 5.74) is 1.99. The first-order chi connectivity index (χ1) is 11.5. The Balaban J connectivity index is 1.55. The molecule has 2 aromatic rings. The Labute approximate surface area is 141 Å². The highest BCUT2D eigenvalue weighted by molar-refractivity contribution is 5.74. The summed E-state index contributed by atoms with van der Waals surface area (Å²) in [5, 5.41) is 5.83. The van der Waals surface area contributed by atoms with Crippen LogP contribution in [0.15, 0.2) is 30.6 Å². The zero-order chi connectivity index (χ0) is 17.1. The molecular formula is C18H23FN4O. The highest BCUT2D eigenvalue weighted by Gasteiger charge is 2.24. The third kappa shape index (κ3) is 3.75. The first kappa shape index (κ1) is 16.5. The van der Waals surface area contributed by atoms with Crippen LogP contribution in [-0.2, 0) is 19.5 Å². The van der Waals surface area contributed by atoms with E-state index in [1.54, 1.807) is 18.3 Å². The number of hydrogen-bond acceptors (Lipinski definition) is 2. The van der Waals surface area contributed by atoms with Crippen molar-refractivity contribution in [2.45, 2.75) is 45.8 Å². The van der Waals surface area contributed by atoms with Crippen LogP contribution in [0.3, 0.4) is 0 Å². The largest absolute Gasteiger partial charge is 0.333 e. The molecule has 0 fully saturated rings. The molecule has 0 spiro atoms. The number of aryl methyl sites for hydroxylation is 1. The number of carbonyl (C=O) groups excluding carboxylic acids is 1. The summed E-state index contributed by atoms with van der Waals surface area (Å²) >= 11 is 0. The number of hydrogen-bond donors (Lipinski definition) is 2. The van der Waals surface area contributed by atoms with Gasteiger partial charge in [0.25, 0.3) is 0 Å². The van der Waals surface area contributed by atoms with E-state index >= 15 is 0 Å². The maximum absolute atomic E-state index is 13.2. The Morgan fingerprint density at radius 3 is 3.08 bits per heavy atom. The van der Waals surface area contributed by atoms with Crippen LogP contribution in [0.1, 0.15) is 43.3 Å². The van der Waals surface area contributed by atoms with Crippen LogP contribution in [0.2, 0.25) is 0 Å². The van der Waals surface area contributed by atoms with Gasteiger partial charge in [-0.25, -0.2) is 14.2 Å². The van der Waals surface area contributed by atoms with Crippen LogP contribution < -0.4 is 10.6 Å². The molecule has 1 aromatic heterocycles. The minimum atomic E-state index is -0.226. The number of urea groups is 1. The number of carbonyl (C=O) groups is 1. The van der Waals surface area contributed by atoms with Crippen molar-refractivity contribution < 1.29 is 9.18 Å². The quantitative estimate of drug-likeness (QED) is 0.885. The molecule has 3 rings (SSSR count). The second-order valence-electron chi connectivity index (χ2n) is 6.65. The van der Waals surface area contributed by atoms with Gasteiger partial charge in [-0.2, -0.15) is 0 Å². The van der Waals surface area contributed by atoms with E-state index in [4.69, 9.17) is 0 Å². The van der Waals surface area contributed by atoms with Gasteiger partial charge in [-0.05, 0) is 42.0 Å². The summed E-state index contributed by atoms with van der Waals surface area (Å²) in [7, 11) is 0. The zero-order valence-corrected chi connectivity index (χ0v) is 14.1. The predicted molar refractivity (Wildman–Crippen MR) is 89.9 cm³/mol. The van der Waals surface area contributed by atoms with Crippen molar-refractivity contribution >= 4 is 6.03 Å². The molecular weight excluding hydrogens is 307 g/mol. The van der Waals surface area contributed by atoms with Crippen molar-refractivity contribution in [3.63, 3.8) is 0 Å². The molecule has 6 heteroatoms. The highest BCUT2D eigenvalue weighted by Crippen LogP contribution is 2.31. The van der Waals surface area contributed by atoms with Gasteiger partial charge in [-0.15, -0.1) is 0 Å². The zero-order valence-electron chi connectivity index (χ0n) is 14.1. The third-order valence-electron chi connectivity index (χ3n) is 4.26. The monoisotopic (exact) mass is 330 g/mol. The molecule has 0 aliphatic heterocycles. The predicted octanol–water partition coefficient (Wildman–Crippen LogP) is 3.16. The lowest BCUT2D eigenvalue weighted by Crippen LogP contribution is -2.37. The number of nitrogens with one attached hydrogen (secondary N) is 2. The minimum absolute atomic E-state index is 0.0593. The maximum atomic E-state index is 13.2. The van der Waals surface area contributed by atoms with Crippen LogP contribution in [-0.4, -0.2) is 15.6 Å². The average Bonchev–Trinajstić information content (AvgIpc) is 3.11. The van der Waals surface area contributed by atoms with E-state index < -0.39 is 0 Å². The summed E-state index contributed by atoms with van der Waals surface area (Å²) in [5.74, 6) is 1.13. The lowest BCUT2D eigenvalue weighted by Gasteiger charge is -2.15. The Morgan fingerprint density at radius 2 is 2.29 bits per heavy atom. The van der Waals surface area contributed by atoms with Crippen LogP contribution in [0.4, 0.5) is 9.18 Å². The average molecular weight is 330 g/mol. The first-order valence-electron chi connectivity index (χ1n) is 8.35. The number of rotatable bonds is 5. The number of amides is 2. The number of imidazole rings is 1. The standard InChI is InChI=1S/C18H23FN4O/c1-12(2)11-23-8-7-20-17(23)10-21-18(24)22-16-6-3-13-9-14(19)4-5-15(13)16/h4-5,7-9,12,16H,3,6,10-11H2,1-2H3,(H2,21,22,24)/t16-/m1/s1. The summed E-state index contributed by atoms with van der Waals surface area (Å²) in [6.45, 7) is 5.54. The SMILES string of the molecule is CC(C)Cn1ccnc1CNC(=O)N[C@@H]1CCc2cc(F)ccc21. The number of nitrogens with zero attached hydrogens (tertiary/aromatic N) is 2. The van der Waals surface area contributed by atoms with E-state index in [0.717, 1.165) is 36.3 Å². The molecule has 5 nitrogen and oxygen atoms in total. The van der Waals surface area contributed by atoms with E-state index in [1.807, 2.05) is 6.20 Å². The lowest BCUT2D eigenvalue weighted by molar-refractivity contribution is 0.236. The fourth-order valence-corrected chi connectivity index (χ4v) is 3.17. The molecule has 1 atom stereocenters. The Bertz CT molecular complexity index is 726. The summed E-state index contributed by atoms with van der Waals surface area (Å²) < 4.78 is 15.3. The van der Waals surface area contributed by atoms with Gasteiger partial charge < -0.3 is 15.2 Å². The van der Waals surface area contributed by atoms with Crippen LogP contribution in [0.5, 0.6) is 0 Å². The fourth-order valence-electron chi connectivity index (χ4n) is 3.17. The van der Waals surface area contributed by atoms with Crippen molar-refractivity contribution in [3.05, 3.63) is 53.4 Å². The van der Waals surface area contributed by atoms with Crippen LogP contribution >= 0.6 is 0 Å². The molecule has 24 heavy (non-hydrogen) atoms. The van der Waals surface area contributed by atoms with E-state index in [-0.39, 0.29) is 17.9 Å². The molecule has 0 saturated carbocycles. The number of fused-ring (bicyclic) bond motifs is 1. The minimum Gasteiger partial charge on any atom is -0.333 e. The topological polar surface area (TPSA) is 59.0 Å². The summed E-state index contributed by atoms with van der Waals surface area (Å²) in [4.78, 5) is 16.5. The fraction of sp³-hybridized carbons (Fsp3) is 0.444. The molecule has 0 bridgehead atoms. The van der Waals surface area contributed by atoms with Crippen molar-refractivity contribution in [2.24, 2.45) is 5.92 Å². The molecule has 2 N–H and O–H groups in total. The van der Waals surface area contributed by atoms with Crippen LogP contribution in [0.25, 0.3) is 0 Å². The molecule has 0 saturated heterocycles. The third-order valence-corrected chi connectivity index (χ3v) is 4.26. The van der Waals surface area contributed by atoms with Gasteiger partial charge in [0.05, 0.1) is 12.6 Å². The molecule has 128 valence electrons. The summed E-state index contributed by atoms with van der Waals surface area (Å²) in [6, 6.07) is 4.47. The van der Waals surface area contributed by atoms with E-state index in [9.17, 15) is 9.18 Å². The Kier molecular flexibility index (Phi) is 4.83. The molecule has 0 unspecified atom stereocenters. The molecule has 1 aliphatic carbocycles. The highest BCUT2D eigenvalue weighted by atomic mass is 19.1. The second-order valence-corrected chi connectivity index (χ2v) is 6.65. The van der Waals surface area contributed by atoms with E-state index in [0.29, 0.717) is 12.5 Å². The van der Waals surface area contributed by atoms with Crippen LogP contribution in [0, 0.1) is 11.7 Å². The normalized spacial score (nSPS) is 16.2. The van der Waals surface area contributed by atoms with E-state index in [2.05, 4.69) is 34.0 Å². The molecule has 1 aliphatic rings. The Morgan fingerprint density at radius 1 is 1.46 bits per heavy atom. The van der Waals surface area contributed by atoms with Gasteiger partial charge in [0.1, 0.15) is 11.6 Å². The Hall–Kier alpha value is -2.37. The van der Waals surface area contributed by atoms with Gasteiger partial charge in [0, 0.05) is 18.9 Å². The van der Waals surface area contributed by atoms with Gasteiger partial charge in [-0.3, -0.25) is 0 Å². The van der Waals surface area contributed by atoms with Crippen molar-refractivity contribution in [1.29, 1.82) is 0 Å². The number of benzene rings is 1. The lowest BCUT2D eigenvalue weighted by atomic mass is 10.1. The van der Waals surface area contributed by atoms with Gasteiger partial charge in [0.2, 0.25) is 0 Å². The van der Waals surface area contributed by atoms with Gasteiger partial charge >= 0.3 is 6.03 Å². The van der Waals surface area contributed by atoms with Crippen molar-refractivity contribution in [1.82, 2.24) is 20.2 Å². The molecule has 1 heterocycles. The molecule has 2 amide bonds. The summed E-state index contributed by atoms with van der Waals surface area (Å²) in [6.07, 6.45) is 5.26. The first-order valence-corrected chi connectivity index (χ1v) is 8.35.